The van der Waals surface area contributed by atoms with Gasteiger partial charge in [-0.3, -0.25) is 9.59 Å². The van der Waals surface area contributed by atoms with E-state index in [2.05, 4.69) is 5.32 Å². The van der Waals surface area contributed by atoms with Crippen molar-refractivity contribution in [2.24, 2.45) is 34.3 Å². The summed E-state index contributed by atoms with van der Waals surface area (Å²) in [6.07, 6.45) is 7.96. The van der Waals surface area contributed by atoms with Crippen molar-refractivity contribution in [3.8, 4) is 0 Å². The van der Waals surface area contributed by atoms with Gasteiger partial charge in [-0.2, -0.15) is 0 Å². The maximum atomic E-state index is 14.1. The Labute approximate surface area is 199 Å². The van der Waals surface area contributed by atoms with Crippen LogP contribution in [0.3, 0.4) is 0 Å². The smallest absolute Gasteiger partial charge is 0.330 e. The van der Waals surface area contributed by atoms with Gasteiger partial charge < -0.3 is 21.1 Å². The first kappa shape index (κ1) is 26.0. The highest BCUT2D eigenvalue weighted by Crippen LogP contribution is 2.56. The van der Waals surface area contributed by atoms with Crippen LogP contribution in [-0.2, 0) is 14.4 Å². The molecule has 1 saturated heterocycles. The van der Waals surface area contributed by atoms with Gasteiger partial charge in [-0.1, -0.05) is 67.2 Å². The second-order valence-electron chi connectivity index (χ2n) is 12.8. The molecule has 5 atom stereocenters. The summed E-state index contributed by atoms with van der Waals surface area (Å²) < 4.78 is 0. The fraction of sp³-hybridized carbons (Fsp3) is 0.885. The lowest BCUT2D eigenvalue weighted by Gasteiger charge is -2.49. The SMILES string of the molecule is CC(C)(C)[C@H](NC(=O)[C@@H](N)C1CCCCC1)C(=O)N1C[C@@H]2CCC[C@@H]2[C@@]1(C(=O)O)C(C)(C)C. The quantitative estimate of drug-likeness (QED) is 0.577. The van der Waals surface area contributed by atoms with E-state index < -0.39 is 34.4 Å². The standard InChI is InChI=1S/C26H45N3O4/c1-24(2,3)20(28-21(30)19(27)16-11-8-7-9-12-16)22(31)29-15-17-13-10-14-18(17)26(29,23(32)33)25(4,5)6/h16-20H,7-15,27H2,1-6H3,(H,28,30)(H,32,33)/t17-,18-,19-,20+,26+/m0/s1. The van der Waals surface area contributed by atoms with Crippen LogP contribution in [0.1, 0.15) is 92.9 Å². The van der Waals surface area contributed by atoms with Crippen molar-refractivity contribution in [3.05, 3.63) is 0 Å². The van der Waals surface area contributed by atoms with Crippen LogP contribution in [-0.4, -0.2) is 52.0 Å². The van der Waals surface area contributed by atoms with Gasteiger partial charge >= 0.3 is 5.97 Å². The summed E-state index contributed by atoms with van der Waals surface area (Å²) in [6, 6.07) is -1.48. The van der Waals surface area contributed by atoms with Crippen molar-refractivity contribution >= 4 is 17.8 Å². The van der Waals surface area contributed by atoms with Crippen molar-refractivity contribution in [2.75, 3.05) is 6.54 Å². The third-order valence-electron chi connectivity index (χ3n) is 8.63. The van der Waals surface area contributed by atoms with Crippen LogP contribution >= 0.6 is 0 Å². The number of fused-ring (bicyclic) bond motifs is 1. The molecule has 7 heteroatoms. The van der Waals surface area contributed by atoms with Crippen LogP contribution in [0.2, 0.25) is 0 Å². The van der Waals surface area contributed by atoms with Crippen LogP contribution in [0, 0.1) is 28.6 Å². The van der Waals surface area contributed by atoms with Gasteiger partial charge in [0.2, 0.25) is 11.8 Å². The number of carbonyl (C=O) groups excluding carboxylic acids is 2. The second-order valence-corrected chi connectivity index (χ2v) is 12.8. The Balaban J connectivity index is 1.92. The molecule has 2 saturated carbocycles. The van der Waals surface area contributed by atoms with E-state index in [0.29, 0.717) is 6.54 Å². The molecule has 0 spiro atoms. The number of amides is 2. The Morgan fingerprint density at radius 2 is 1.58 bits per heavy atom. The number of nitrogens with zero attached hydrogens (tertiary/aromatic N) is 1. The number of nitrogens with two attached hydrogens (primary N) is 1. The molecule has 3 fully saturated rings. The minimum atomic E-state index is -1.29. The van der Waals surface area contributed by atoms with Crippen LogP contribution in [0.15, 0.2) is 0 Å². The molecule has 188 valence electrons. The zero-order valence-electron chi connectivity index (χ0n) is 21.4. The molecule has 3 aliphatic rings. The first-order valence-electron chi connectivity index (χ1n) is 12.8. The Bertz CT molecular complexity index is 762. The highest BCUT2D eigenvalue weighted by molar-refractivity contribution is 5.95. The van der Waals surface area contributed by atoms with Crippen molar-refractivity contribution in [3.63, 3.8) is 0 Å². The van der Waals surface area contributed by atoms with Crippen LogP contribution < -0.4 is 11.1 Å². The number of aliphatic carboxylic acids is 1. The van der Waals surface area contributed by atoms with Gasteiger partial charge in [-0.15, -0.1) is 0 Å². The van der Waals surface area contributed by atoms with Gasteiger partial charge in [0, 0.05) is 6.54 Å². The van der Waals surface area contributed by atoms with E-state index in [0.717, 1.165) is 44.9 Å². The molecular weight excluding hydrogens is 418 g/mol. The summed E-state index contributed by atoms with van der Waals surface area (Å²) in [5.41, 5.74) is 3.83. The fourth-order valence-corrected chi connectivity index (χ4v) is 6.95. The lowest BCUT2D eigenvalue weighted by Crippen LogP contribution is -2.68. The first-order chi connectivity index (χ1) is 15.2. The Hall–Kier alpha value is -1.63. The number of carboxylic acid groups (broad SMARTS) is 1. The number of hydrogen-bond donors (Lipinski definition) is 3. The molecule has 4 N–H and O–H groups in total. The van der Waals surface area contributed by atoms with Gasteiger partial charge in [0.1, 0.15) is 11.6 Å². The van der Waals surface area contributed by atoms with Crippen molar-refractivity contribution in [2.45, 2.75) is 111 Å². The third kappa shape index (κ3) is 4.54. The number of likely N-dealkylation sites (tertiary alicyclic amines) is 1. The minimum Gasteiger partial charge on any atom is -0.479 e. The molecule has 2 amide bonds. The summed E-state index contributed by atoms with van der Waals surface area (Å²) in [6.45, 7) is 11.9. The molecule has 0 aromatic rings. The topological polar surface area (TPSA) is 113 Å². The number of hydrogen-bond acceptors (Lipinski definition) is 4. The maximum absolute atomic E-state index is 14.1. The van der Waals surface area contributed by atoms with Gasteiger partial charge in [0.25, 0.3) is 0 Å². The third-order valence-corrected chi connectivity index (χ3v) is 8.63. The van der Waals surface area contributed by atoms with Crippen molar-refractivity contribution < 1.29 is 19.5 Å². The molecular formula is C26H45N3O4. The first-order valence-corrected chi connectivity index (χ1v) is 12.8. The van der Waals surface area contributed by atoms with Gasteiger partial charge in [0.15, 0.2) is 0 Å². The zero-order chi connectivity index (χ0) is 24.8. The highest BCUT2D eigenvalue weighted by atomic mass is 16.4. The molecule has 1 aliphatic heterocycles. The van der Waals surface area contributed by atoms with E-state index in [1.54, 1.807) is 4.90 Å². The average Bonchev–Trinajstić information content (AvgIpc) is 3.29. The summed E-state index contributed by atoms with van der Waals surface area (Å²) >= 11 is 0. The Morgan fingerprint density at radius 1 is 0.970 bits per heavy atom. The average molecular weight is 464 g/mol. The Kier molecular flexibility index (Phi) is 7.24. The van der Waals surface area contributed by atoms with Crippen LogP contribution in [0.25, 0.3) is 0 Å². The van der Waals surface area contributed by atoms with E-state index in [4.69, 9.17) is 5.73 Å². The summed E-state index contributed by atoms with van der Waals surface area (Å²) in [5, 5.41) is 13.6. The van der Waals surface area contributed by atoms with Crippen molar-refractivity contribution in [1.29, 1.82) is 0 Å². The Morgan fingerprint density at radius 3 is 2.09 bits per heavy atom. The molecule has 0 aromatic carbocycles. The molecule has 7 nitrogen and oxygen atoms in total. The van der Waals surface area contributed by atoms with E-state index in [-0.39, 0.29) is 29.6 Å². The van der Waals surface area contributed by atoms with Crippen LogP contribution in [0.5, 0.6) is 0 Å². The molecule has 0 radical (unpaired) electrons. The normalized spacial score (nSPS) is 30.6. The van der Waals surface area contributed by atoms with Gasteiger partial charge in [-0.25, -0.2) is 4.79 Å². The van der Waals surface area contributed by atoms with E-state index in [1.807, 2.05) is 41.5 Å². The van der Waals surface area contributed by atoms with E-state index in [1.165, 1.54) is 6.42 Å². The molecule has 1 heterocycles. The number of rotatable bonds is 5. The molecule has 0 bridgehead atoms. The van der Waals surface area contributed by atoms with Crippen molar-refractivity contribution in [1.82, 2.24) is 10.2 Å². The van der Waals surface area contributed by atoms with Gasteiger partial charge in [0.05, 0.1) is 6.04 Å². The fourth-order valence-electron chi connectivity index (χ4n) is 6.95. The minimum absolute atomic E-state index is 0.0697. The van der Waals surface area contributed by atoms with Crippen LogP contribution in [0.4, 0.5) is 0 Å². The number of carbonyl (C=O) groups is 3. The van der Waals surface area contributed by atoms with Gasteiger partial charge in [-0.05, 0) is 54.3 Å². The molecule has 33 heavy (non-hydrogen) atoms. The number of nitrogens with one attached hydrogen (secondary N) is 1. The summed E-state index contributed by atoms with van der Waals surface area (Å²) in [7, 11) is 0. The second kappa shape index (κ2) is 9.20. The number of carboxylic acids is 1. The highest BCUT2D eigenvalue weighted by Gasteiger charge is 2.67. The largest absolute Gasteiger partial charge is 0.479 e. The molecule has 2 aliphatic carbocycles. The maximum Gasteiger partial charge on any atom is 0.330 e. The molecule has 0 unspecified atom stereocenters. The lowest BCUT2D eigenvalue weighted by molar-refractivity contribution is -0.170. The van der Waals surface area contributed by atoms with E-state index >= 15 is 0 Å². The lowest BCUT2D eigenvalue weighted by atomic mass is 9.64. The monoisotopic (exact) mass is 463 g/mol. The van der Waals surface area contributed by atoms with E-state index in [9.17, 15) is 19.5 Å². The molecule has 3 rings (SSSR count). The summed E-state index contributed by atoms with van der Waals surface area (Å²) in [4.78, 5) is 41.9. The predicted molar refractivity (Wildman–Crippen MR) is 128 cm³/mol. The summed E-state index contributed by atoms with van der Waals surface area (Å²) in [5.74, 6) is -1.28. The zero-order valence-corrected chi connectivity index (χ0v) is 21.4. The predicted octanol–water partition coefficient (Wildman–Crippen LogP) is 3.55. The molecule has 0 aromatic heterocycles.